The number of halogens is 1. The number of imide groups is 1. The topological polar surface area (TPSA) is 95.6 Å². The second kappa shape index (κ2) is 8.51. The largest absolute Gasteiger partial charge is 0.352 e. The van der Waals surface area contributed by atoms with E-state index in [2.05, 4.69) is 10.6 Å². The lowest BCUT2D eigenvalue weighted by Crippen LogP contribution is -2.52. The highest BCUT2D eigenvalue weighted by Gasteiger charge is 2.39. The first kappa shape index (κ1) is 21.1. The van der Waals surface area contributed by atoms with Crippen molar-refractivity contribution in [3.8, 4) is 0 Å². The summed E-state index contributed by atoms with van der Waals surface area (Å²) in [7, 11) is 0. The molecule has 7 nitrogen and oxygen atoms in total. The molecule has 4 rings (SSSR count). The minimum atomic E-state index is -0.637. The number of fused-ring (bicyclic) bond motifs is 1. The van der Waals surface area contributed by atoms with Crippen molar-refractivity contribution < 1.29 is 19.2 Å². The summed E-state index contributed by atoms with van der Waals surface area (Å²) in [4.78, 5) is 50.1. The van der Waals surface area contributed by atoms with E-state index in [-0.39, 0.29) is 30.6 Å². The van der Waals surface area contributed by atoms with Crippen molar-refractivity contribution in [1.29, 1.82) is 0 Å². The average molecular weight is 440 g/mol. The summed E-state index contributed by atoms with van der Waals surface area (Å²) in [5, 5.41) is 5.82. The van der Waals surface area contributed by atoms with Gasteiger partial charge in [-0.3, -0.25) is 24.5 Å². The number of carbonyl (C=O) groups is 4. The lowest BCUT2D eigenvalue weighted by Gasteiger charge is -2.29. The predicted molar refractivity (Wildman–Crippen MR) is 114 cm³/mol. The minimum Gasteiger partial charge on any atom is -0.352 e. The maximum atomic E-state index is 12.7. The Balaban J connectivity index is 1.38. The summed E-state index contributed by atoms with van der Waals surface area (Å²) in [5.74, 6) is -1.07. The molecule has 0 saturated carbocycles. The van der Waals surface area contributed by atoms with Gasteiger partial charge in [-0.05, 0) is 47.7 Å². The van der Waals surface area contributed by atoms with E-state index >= 15 is 0 Å². The number of rotatable bonds is 5. The Bertz CT molecular complexity index is 1100. The molecule has 0 bridgehead atoms. The van der Waals surface area contributed by atoms with E-state index in [1.807, 2.05) is 25.1 Å². The van der Waals surface area contributed by atoms with E-state index < -0.39 is 11.9 Å². The lowest BCUT2D eigenvalue weighted by atomic mass is 10.0. The third kappa shape index (κ3) is 4.46. The number of hydrogen-bond donors (Lipinski definition) is 2. The van der Waals surface area contributed by atoms with Crippen molar-refractivity contribution >= 4 is 35.2 Å². The number of aryl methyl sites for hydroxylation is 1. The van der Waals surface area contributed by atoms with Gasteiger partial charge in [0.25, 0.3) is 5.91 Å². The average Bonchev–Trinajstić information content (AvgIpc) is 3.05. The zero-order valence-electron chi connectivity index (χ0n) is 17.0. The first-order valence-corrected chi connectivity index (χ1v) is 10.5. The van der Waals surface area contributed by atoms with Crippen LogP contribution in [0.4, 0.5) is 0 Å². The van der Waals surface area contributed by atoms with Gasteiger partial charge in [-0.15, -0.1) is 0 Å². The molecule has 2 aromatic carbocycles. The molecule has 1 unspecified atom stereocenters. The Hall–Kier alpha value is -3.19. The lowest BCUT2D eigenvalue weighted by molar-refractivity contribution is -0.137. The molecule has 2 heterocycles. The molecule has 2 aromatic rings. The van der Waals surface area contributed by atoms with Gasteiger partial charge in [0.15, 0.2) is 0 Å². The van der Waals surface area contributed by atoms with Crippen LogP contribution in [-0.2, 0) is 33.9 Å². The van der Waals surface area contributed by atoms with Crippen LogP contribution in [0, 0.1) is 6.92 Å². The highest BCUT2D eigenvalue weighted by atomic mass is 35.5. The fraction of sp³-hybridized carbons (Fsp3) is 0.304. The van der Waals surface area contributed by atoms with E-state index in [0.717, 1.165) is 22.3 Å². The molecular weight excluding hydrogens is 418 g/mol. The highest BCUT2D eigenvalue weighted by Crippen LogP contribution is 2.28. The molecule has 1 saturated heterocycles. The van der Waals surface area contributed by atoms with Gasteiger partial charge in [-0.25, -0.2) is 0 Å². The second-order valence-corrected chi connectivity index (χ2v) is 8.34. The SMILES string of the molecule is Cc1ccc(CC(=O)NCc2ccc3c(c2)CN(C2CCC(=O)NC2=O)C3=O)cc1Cl. The molecule has 2 aliphatic heterocycles. The van der Waals surface area contributed by atoms with Gasteiger partial charge in [-0.1, -0.05) is 35.9 Å². The number of nitrogens with one attached hydrogen (secondary N) is 2. The first-order valence-electron chi connectivity index (χ1n) is 10.1. The van der Waals surface area contributed by atoms with Crippen molar-refractivity contribution in [2.45, 2.75) is 45.3 Å². The minimum absolute atomic E-state index is 0.123. The van der Waals surface area contributed by atoms with Crippen LogP contribution in [-0.4, -0.2) is 34.6 Å². The number of benzene rings is 2. The van der Waals surface area contributed by atoms with Gasteiger partial charge in [0.05, 0.1) is 6.42 Å². The van der Waals surface area contributed by atoms with Gasteiger partial charge in [0.1, 0.15) is 6.04 Å². The Morgan fingerprint density at radius 1 is 1.16 bits per heavy atom. The van der Waals surface area contributed by atoms with Crippen molar-refractivity contribution in [3.05, 3.63) is 69.2 Å². The van der Waals surface area contributed by atoms with E-state index in [9.17, 15) is 19.2 Å². The molecule has 0 aromatic heterocycles. The van der Waals surface area contributed by atoms with E-state index in [4.69, 9.17) is 11.6 Å². The number of amides is 4. The molecule has 1 fully saturated rings. The molecule has 2 aliphatic rings. The summed E-state index contributed by atoms with van der Waals surface area (Å²) in [5.41, 5.74) is 4.03. The molecule has 31 heavy (non-hydrogen) atoms. The van der Waals surface area contributed by atoms with Gasteiger partial charge < -0.3 is 10.2 Å². The van der Waals surface area contributed by atoms with Crippen LogP contribution in [0.1, 0.15) is 45.5 Å². The second-order valence-electron chi connectivity index (χ2n) is 7.93. The van der Waals surface area contributed by atoms with E-state index in [1.165, 1.54) is 4.90 Å². The van der Waals surface area contributed by atoms with Crippen LogP contribution in [0.3, 0.4) is 0 Å². The molecule has 0 spiro atoms. The molecule has 160 valence electrons. The normalized spacial score (nSPS) is 18.1. The summed E-state index contributed by atoms with van der Waals surface area (Å²) in [6.45, 7) is 2.55. The molecule has 4 amide bonds. The van der Waals surface area contributed by atoms with Crippen molar-refractivity contribution in [2.24, 2.45) is 0 Å². The smallest absolute Gasteiger partial charge is 0.255 e. The van der Waals surface area contributed by atoms with Crippen LogP contribution in [0.2, 0.25) is 5.02 Å². The third-order valence-electron chi connectivity index (χ3n) is 5.68. The van der Waals surface area contributed by atoms with Crippen LogP contribution < -0.4 is 10.6 Å². The Labute approximate surface area is 184 Å². The number of nitrogens with zero attached hydrogens (tertiary/aromatic N) is 1. The standard InChI is InChI=1S/C23H22ClN3O4/c1-13-2-3-14(9-18(13)24)10-21(29)25-11-15-4-5-17-16(8-15)12-27(23(17)31)19-6-7-20(28)26-22(19)30/h2-5,8-9,19H,6-7,10-12H2,1H3,(H,25,29)(H,26,28,30). The molecule has 8 heteroatoms. The Kier molecular flexibility index (Phi) is 5.78. The number of hydrogen-bond acceptors (Lipinski definition) is 4. The number of carbonyl (C=O) groups excluding carboxylic acids is 4. The monoisotopic (exact) mass is 439 g/mol. The molecule has 2 N–H and O–H groups in total. The van der Waals surface area contributed by atoms with Crippen molar-refractivity contribution in [2.75, 3.05) is 0 Å². The Morgan fingerprint density at radius 2 is 1.94 bits per heavy atom. The van der Waals surface area contributed by atoms with Crippen LogP contribution in [0.25, 0.3) is 0 Å². The highest BCUT2D eigenvalue weighted by molar-refractivity contribution is 6.31. The van der Waals surface area contributed by atoms with Crippen molar-refractivity contribution in [1.82, 2.24) is 15.5 Å². The summed E-state index contributed by atoms with van der Waals surface area (Å²) >= 11 is 6.12. The van der Waals surface area contributed by atoms with Gasteiger partial charge in [0, 0.05) is 30.1 Å². The molecular formula is C23H22ClN3O4. The predicted octanol–water partition coefficient (Wildman–Crippen LogP) is 2.27. The summed E-state index contributed by atoms with van der Waals surface area (Å²) < 4.78 is 0. The molecule has 0 radical (unpaired) electrons. The quantitative estimate of drug-likeness (QED) is 0.698. The van der Waals surface area contributed by atoms with Gasteiger partial charge >= 0.3 is 0 Å². The first-order chi connectivity index (χ1) is 14.8. The fourth-order valence-electron chi connectivity index (χ4n) is 3.93. The van der Waals surface area contributed by atoms with E-state index in [0.29, 0.717) is 30.1 Å². The zero-order chi connectivity index (χ0) is 22.1. The van der Waals surface area contributed by atoms with E-state index in [1.54, 1.807) is 18.2 Å². The van der Waals surface area contributed by atoms with Crippen LogP contribution in [0.15, 0.2) is 36.4 Å². The van der Waals surface area contributed by atoms with Crippen LogP contribution in [0.5, 0.6) is 0 Å². The molecule has 0 aliphatic carbocycles. The maximum absolute atomic E-state index is 12.7. The summed E-state index contributed by atoms with van der Waals surface area (Å²) in [6.07, 6.45) is 0.781. The zero-order valence-corrected chi connectivity index (χ0v) is 17.8. The van der Waals surface area contributed by atoms with Gasteiger partial charge in [0.2, 0.25) is 17.7 Å². The van der Waals surface area contributed by atoms with Crippen molar-refractivity contribution in [3.63, 3.8) is 0 Å². The number of piperidine rings is 1. The Morgan fingerprint density at radius 3 is 2.68 bits per heavy atom. The maximum Gasteiger partial charge on any atom is 0.255 e. The molecule has 1 atom stereocenters. The summed E-state index contributed by atoms with van der Waals surface area (Å²) in [6, 6.07) is 10.3. The van der Waals surface area contributed by atoms with Crippen LogP contribution >= 0.6 is 11.6 Å². The third-order valence-corrected chi connectivity index (χ3v) is 6.09. The van der Waals surface area contributed by atoms with Gasteiger partial charge in [-0.2, -0.15) is 0 Å². The fourth-order valence-corrected chi connectivity index (χ4v) is 4.14.